The first kappa shape index (κ1) is 17.2. The van der Waals surface area contributed by atoms with Crippen LogP contribution >= 0.6 is 0 Å². The zero-order valence-corrected chi connectivity index (χ0v) is 12.4. The molecule has 1 aliphatic heterocycles. The molecular formula is C13H23N3O5. The molecule has 0 aromatic rings. The van der Waals surface area contributed by atoms with Crippen LogP contribution in [-0.4, -0.2) is 67.3 Å². The number of ether oxygens (including phenoxy) is 1. The normalized spacial score (nSPS) is 21.1. The number of likely N-dealkylation sites (tertiary alicyclic amines) is 1. The van der Waals surface area contributed by atoms with Crippen LogP contribution in [-0.2, 0) is 14.3 Å². The quantitative estimate of drug-likeness (QED) is 0.557. The number of carboxylic acids is 1. The highest BCUT2D eigenvalue weighted by Crippen LogP contribution is 2.24. The molecule has 1 rings (SSSR count). The van der Waals surface area contributed by atoms with Crippen molar-refractivity contribution in [1.29, 1.82) is 0 Å². The van der Waals surface area contributed by atoms with Crippen LogP contribution < -0.4 is 10.6 Å². The van der Waals surface area contributed by atoms with Crippen molar-refractivity contribution in [3.8, 4) is 0 Å². The molecule has 2 unspecified atom stereocenters. The maximum absolute atomic E-state index is 11.9. The van der Waals surface area contributed by atoms with E-state index in [2.05, 4.69) is 10.6 Å². The Hall–Kier alpha value is -1.83. The third-order valence-corrected chi connectivity index (χ3v) is 3.59. The first-order valence-corrected chi connectivity index (χ1v) is 7.00. The Morgan fingerprint density at radius 1 is 1.29 bits per heavy atom. The number of nitrogens with one attached hydrogen (secondary N) is 2. The van der Waals surface area contributed by atoms with Gasteiger partial charge in [-0.15, -0.1) is 0 Å². The van der Waals surface area contributed by atoms with Crippen molar-refractivity contribution in [3.05, 3.63) is 0 Å². The Kier molecular flexibility index (Phi) is 6.93. The molecular weight excluding hydrogens is 278 g/mol. The number of methoxy groups -OCH3 is 1. The highest BCUT2D eigenvalue weighted by molar-refractivity contribution is 5.79. The Balaban J connectivity index is 2.25. The smallest absolute Gasteiger partial charge is 0.317 e. The van der Waals surface area contributed by atoms with E-state index >= 15 is 0 Å². The molecule has 2 atom stereocenters. The summed E-state index contributed by atoms with van der Waals surface area (Å²) in [5.74, 6) is -1.56. The predicted octanol–water partition coefficient (Wildman–Crippen LogP) is -0.356. The number of hydrogen-bond acceptors (Lipinski definition) is 4. The fraction of sp³-hybridized carbons (Fsp3) is 0.769. The van der Waals surface area contributed by atoms with Gasteiger partial charge in [-0.2, -0.15) is 0 Å². The monoisotopic (exact) mass is 301 g/mol. The summed E-state index contributed by atoms with van der Waals surface area (Å²) >= 11 is 0. The molecule has 0 aromatic heterocycles. The second-order valence-corrected chi connectivity index (χ2v) is 4.99. The molecule has 0 saturated carbocycles. The summed E-state index contributed by atoms with van der Waals surface area (Å²) in [5, 5.41) is 14.3. The number of hydrogen-bond donors (Lipinski definition) is 3. The SMILES string of the molecule is COCCNC(=O)CCNC(=O)N1CCC(C(=O)O)C1C. The number of aliphatic carboxylic acids is 1. The Bertz CT molecular complexity index is 388. The number of carbonyl (C=O) groups is 3. The van der Waals surface area contributed by atoms with Gasteiger partial charge in [0, 0.05) is 39.2 Å². The average molecular weight is 301 g/mol. The molecule has 8 heteroatoms. The standard InChI is InChI=1S/C13H23N3O5/c1-9-10(12(18)19)4-7-16(9)13(20)15-5-3-11(17)14-6-8-21-2/h9-10H,3-8H2,1-2H3,(H,14,17)(H,15,20)(H,18,19). The van der Waals surface area contributed by atoms with Crippen molar-refractivity contribution in [2.75, 3.05) is 33.4 Å². The number of rotatable bonds is 7. The van der Waals surface area contributed by atoms with E-state index in [0.29, 0.717) is 26.1 Å². The van der Waals surface area contributed by atoms with Crippen LogP contribution in [0, 0.1) is 5.92 Å². The van der Waals surface area contributed by atoms with E-state index in [1.54, 1.807) is 14.0 Å². The molecule has 0 spiro atoms. The van der Waals surface area contributed by atoms with Gasteiger partial charge in [0.25, 0.3) is 0 Å². The maximum Gasteiger partial charge on any atom is 0.317 e. The summed E-state index contributed by atoms with van der Waals surface area (Å²) in [6.45, 7) is 3.25. The van der Waals surface area contributed by atoms with Crippen LogP contribution in [0.1, 0.15) is 19.8 Å². The van der Waals surface area contributed by atoms with Crippen LogP contribution in [0.3, 0.4) is 0 Å². The van der Waals surface area contributed by atoms with E-state index in [4.69, 9.17) is 9.84 Å². The highest BCUT2D eigenvalue weighted by atomic mass is 16.5. The molecule has 0 radical (unpaired) electrons. The van der Waals surface area contributed by atoms with Crippen molar-refractivity contribution in [1.82, 2.24) is 15.5 Å². The van der Waals surface area contributed by atoms with Crippen molar-refractivity contribution in [3.63, 3.8) is 0 Å². The molecule has 0 bridgehead atoms. The van der Waals surface area contributed by atoms with Gasteiger partial charge in [0.15, 0.2) is 0 Å². The number of carbonyl (C=O) groups excluding carboxylic acids is 2. The van der Waals surface area contributed by atoms with E-state index in [9.17, 15) is 14.4 Å². The third-order valence-electron chi connectivity index (χ3n) is 3.59. The molecule has 3 amide bonds. The van der Waals surface area contributed by atoms with Gasteiger partial charge in [-0.25, -0.2) is 4.79 Å². The second kappa shape index (κ2) is 8.46. The summed E-state index contributed by atoms with van der Waals surface area (Å²) in [7, 11) is 1.55. The van der Waals surface area contributed by atoms with Crippen LogP contribution in [0.2, 0.25) is 0 Å². The lowest BCUT2D eigenvalue weighted by Gasteiger charge is -2.23. The van der Waals surface area contributed by atoms with Gasteiger partial charge >= 0.3 is 12.0 Å². The van der Waals surface area contributed by atoms with Crippen molar-refractivity contribution < 1.29 is 24.2 Å². The molecule has 0 aliphatic carbocycles. The lowest BCUT2D eigenvalue weighted by molar-refractivity contribution is -0.142. The summed E-state index contributed by atoms with van der Waals surface area (Å²) in [6, 6.07) is -0.658. The summed E-state index contributed by atoms with van der Waals surface area (Å²) in [4.78, 5) is 35.8. The van der Waals surface area contributed by atoms with Gasteiger partial charge in [0.2, 0.25) is 5.91 Å². The van der Waals surface area contributed by atoms with Crippen LogP contribution in [0.5, 0.6) is 0 Å². The predicted molar refractivity (Wildman–Crippen MR) is 74.8 cm³/mol. The maximum atomic E-state index is 11.9. The Labute approximate surface area is 123 Å². The van der Waals surface area contributed by atoms with Gasteiger partial charge < -0.3 is 25.4 Å². The molecule has 1 saturated heterocycles. The summed E-state index contributed by atoms with van der Waals surface area (Å²) in [5.41, 5.74) is 0. The average Bonchev–Trinajstić information content (AvgIpc) is 2.81. The van der Waals surface area contributed by atoms with Crippen LogP contribution in [0.25, 0.3) is 0 Å². The first-order chi connectivity index (χ1) is 9.97. The number of nitrogens with zero attached hydrogens (tertiary/aromatic N) is 1. The van der Waals surface area contributed by atoms with Gasteiger partial charge in [0.1, 0.15) is 0 Å². The van der Waals surface area contributed by atoms with E-state index in [1.807, 2.05) is 0 Å². The third kappa shape index (κ3) is 5.22. The molecule has 1 heterocycles. The van der Waals surface area contributed by atoms with E-state index in [1.165, 1.54) is 4.90 Å². The highest BCUT2D eigenvalue weighted by Gasteiger charge is 2.37. The van der Waals surface area contributed by atoms with Crippen LogP contribution in [0.4, 0.5) is 4.79 Å². The topological polar surface area (TPSA) is 108 Å². The first-order valence-electron chi connectivity index (χ1n) is 7.00. The zero-order chi connectivity index (χ0) is 15.8. The molecule has 8 nitrogen and oxygen atoms in total. The largest absolute Gasteiger partial charge is 0.481 e. The lowest BCUT2D eigenvalue weighted by Crippen LogP contribution is -2.44. The molecule has 21 heavy (non-hydrogen) atoms. The van der Waals surface area contributed by atoms with E-state index in [-0.39, 0.29) is 30.9 Å². The minimum absolute atomic E-state index is 0.162. The van der Waals surface area contributed by atoms with Crippen molar-refractivity contribution in [2.45, 2.75) is 25.8 Å². The Morgan fingerprint density at radius 2 is 2.00 bits per heavy atom. The summed E-state index contributed by atoms with van der Waals surface area (Å²) < 4.78 is 4.80. The van der Waals surface area contributed by atoms with Gasteiger partial charge in [-0.1, -0.05) is 0 Å². The van der Waals surface area contributed by atoms with Crippen molar-refractivity contribution in [2.24, 2.45) is 5.92 Å². The number of amides is 3. The minimum Gasteiger partial charge on any atom is -0.481 e. The fourth-order valence-corrected chi connectivity index (χ4v) is 2.32. The van der Waals surface area contributed by atoms with Gasteiger partial charge in [-0.3, -0.25) is 9.59 Å². The van der Waals surface area contributed by atoms with Gasteiger partial charge in [-0.05, 0) is 13.3 Å². The minimum atomic E-state index is -0.879. The fourth-order valence-electron chi connectivity index (χ4n) is 2.32. The van der Waals surface area contributed by atoms with E-state index < -0.39 is 11.9 Å². The van der Waals surface area contributed by atoms with Gasteiger partial charge in [0.05, 0.1) is 12.5 Å². The molecule has 120 valence electrons. The Morgan fingerprint density at radius 3 is 2.57 bits per heavy atom. The molecule has 3 N–H and O–H groups in total. The molecule has 1 fully saturated rings. The van der Waals surface area contributed by atoms with Crippen molar-refractivity contribution >= 4 is 17.9 Å². The lowest BCUT2D eigenvalue weighted by atomic mass is 10.0. The second-order valence-electron chi connectivity index (χ2n) is 4.99. The number of carboxylic acid groups (broad SMARTS) is 1. The van der Waals surface area contributed by atoms with Crippen LogP contribution in [0.15, 0.2) is 0 Å². The molecule has 0 aromatic carbocycles. The summed E-state index contributed by atoms with van der Waals surface area (Å²) in [6.07, 6.45) is 0.640. The number of urea groups is 1. The zero-order valence-electron chi connectivity index (χ0n) is 12.4. The molecule has 1 aliphatic rings. The van der Waals surface area contributed by atoms with E-state index in [0.717, 1.165) is 0 Å².